The van der Waals surface area contributed by atoms with Crippen LogP contribution in [0.25, 0.3) is 10.2 Å². The van der Waals surface area contributed by atoms with E-state index in [9.17, 15) is 9.59 Å². The van der Waals surface area contributed by atoms with E-state index in [2.05, 4.69) is 10.3 Å². The number of rotatable bonds is 4. The molecule has 0 aliphatic carbocycles. The summed E-state index contributed by atoms with van der Waals surface area (Å²) in [4.78, 5) is 26.1. The Morgan fingerprint density at radius 1 is 1.39 bits per heavy atom. The molecule has 0 bridgehead atoms. The lowest BCUT2D eigenvalue weighted by molar-refractivity contribution is -0.138. The van der Waals surface area contributed by atoms with E-state index >= 15 is 0 Å². The Morgan fingerprint density at radius 3 is 2.89 bits per heavy atom. The van der Waals surface area contributed by atoms with Gasteiger partial charge >= 0.3 is 5.97 Å². The van der Waals surface area contributed by atoms with Gasteiger partial charge in [0.2, 0.25) is 5.91 Å². The van der Waals surface area contributed by atoms with Crippen LogP contribution in [0.2, 0.25) is 0 Å². The van der Waals surface area contributed by atoms with Crippen molar-refractivity contribution in [1.82, 2.24) is 4.98 Å². The number of aromatic nitrogens is 1. The third-order valence-electron chi connectivity index (χ3n) is 2.35. The minimum absolute atomic E-state index is 0.0188. The van der Waals surface area contributed by atoms with Crippen molar-refractivity contribution in [3.05, 3.63) is 23.2 Å². The number of hydrogen-bond donors (Lipinski definition) is 2. The van der Waals surface area contributed by atoms with Gasteiger partial charge in [0.15, 0.2) is 0 Å². The summed E-state index contributed by atoms with van der Waals surface area (Å²) in [5, 5.41) is 12.1. The van der Waals surface area contributed by atoms with Crippen molar-refractivity contribution < 1.29 is 14.7 Å². The van der Waals surface area contributed by atoms with Gasteiger partial charge in [-0.15, -0.1) is 11.3 Å². The van der Waals surface area contributed by atoms with Crippen LogP contribution in [0, 0.1) is 6.92 Å². The van der Waals surface area contributed by atoms with Crippen LogP contribution in [0.3, 0.4) is 0 Å². The molecular formula is C12H12N2O3S. The number of carboxylic acid groups (broad SMARTS) is 1. The number of anilines is 1. The molecule has 0 spiro atoms. The second-order valence-corrected chi connectivity index (χ2v) is 5.09. The van der Waals surface area contributed by atoms with E-state index in [1.807, 2.05) is 19.1 Å². The molecule has 0 radical (unpaired) electrons. The molecule has 2 rings (SSSR count). The maximum absolute atomic E-state index is 11.5. The van der Waals surface area contributed by atoms with Crippen LogP contribution in [0.15, 0.2) is 18.2 Å². The number of nitrogens with zero attached hydrogens (tertiary/aromatic N) is 1. The van der Waals surface area contributed by atoms with Gasteiger partial charge in [-0.3, -0.25) is 9.59 Å². The van der Waals surface area contributed by atoms with Crippen LogP contribution in [0.5, 0.6) is 0 Å². The molecule has 0 atom stereocenters. The molecule has 1 amide bonds. The maximum atomic E-state index is 11.5. The Hall–Kier alpha value is -1.95. The van der Waals surface area contributed by atoms with E-state index in [0.717, 1.165) is 15.2 Å². The molecule has 1 heterocycles. The molecule has 5 nitrogen and oxygen atoms in total. The number of thiazole rings is 1. The van der Waals surface area contributed by atoms with Gasteiger partial charge in [0, 0.05) is 12.1 Å². The van der Waals surface area contributed by atoms with Gasteiger partial charge in [-0.25, -0.2) is 4.98 Å². The van der Waals surface area contributed by atoms with E-state index in [4.69, 9.17) is 5.11 Å². The number of benzene rings is 1. The van der Waals surface area contributed by atoms with E-state index in [0.29, 0.717) is 5.69 Å². The summed E-state index contributed by atoms with van der Waals surface area (Å²) in [6, 6.07) is 5.45. The standard InChI is InChI=1S/C12H12N2O3S/c1-7-13-9-3-2-8(6-10(9)18-7)14-11(15)4-5-12(16)17/h2-3,6H,4-5H2,1H3,(H,14,15)(H,16,17). The van der Waals surface area contributed by atoms with Crippen molar-refractivity contribution in [3.8, 4) is 0 Å². The third kappa shape index (κ3) is 3.04. The smallest absolute Gasteiger partial charge is 0.303 e. The number of aliphatic carboxylic acids is 1. The van der Waals surface area contributed by atoms with Crippen molar-refractivity contribution in [2.24, 2.45) is 0 Å². The van der Waals surface area contributed by atoms with Gasteiger partial charge < -0.3 is 10.4 Å². The summed E-state index contributed by atoms with van der Waals surface area (Å²) in [5.41, 5.74) is 1.57. The first-order chi connectivity index (χ1) is 8.54. The quantitative estimate of drug-likeness (QED) is 0.888. The highest BCUT2D eigenvalue weighted by molar-refractivity contribution is 7.18. The molecule has 1 aromatic carbocycles. The van der Waals surface area contributed by atoms with Crippen LogP contribution in [-0.2, 0) is 9.59 Å². The molecule has 18 heavy (non-hydrogen) atoms. The predicted molar refractivity (Wildman–Crippen MR) is 69.9 cm³/mol. The topological polar surface area (TPSA) is 79.3 Å². The molecule has 2 aromatic rings. The molecule has 0 saturated carbocycles. The molecule has 2 N–H and O–H groups in total. The summed E-state index contributed by atoms with van der Waals surface area (Å²) in [6.07, 6.45) is -0.178. The first kappa shape index (κ1) is 12.5. The summed E-state index contributed by atoms with van der Waals surface area (Å²) >= 11 is 1.56. The van der Waals surface area contributed by atoms with Gasteiger partial charge in [-0.1, -0.05) is 0 Å². The summed E-state index contributed by atoms with van der Waals surface area (Å²) in [6.45, 7) is 1.93. The van der Waals surface area contributed by atoms with E-state index < -0.39 is 5.97 Å². The third-order valence-corrected chi connectivity index (χ3v) is 3.28. The fourth-order valence-corrected chi connectivity index (χ4v) is 2.43. The Bertz CT molecular complexity index is 606. The molecule has 94 valence electrons. The van der Waals surface area contributed by atoms with Crippen LogP contribution in [0.4, 0.5) is 5.69 Å². The first-order valence-electron chi connectivity index (χ1n) is 5.43. The molecule has 0 aliphatic heterocycles. The monoisotopic (exact) mass is 264 g/mol. The fraction of sp³-hybridized carbons (Fsp3) is 0.250. The van der Waals surface area contributed by atoms with E-state index in [1.165, 1.54) is 0 Å². The molecule has 1 aromatic heterocycles. The summed E-state index contributed by atoms with van der Waals surface area (Å²) in [5.74, 6) is -1.27. The van der Waals surface area contributed by atoms with Crippen molar-refractivity contribution in [2.45, 2.75) is 19.8 Å². The highest BCUT2D eigenvalue weighted by Gasteiger charge is 2.07. The van der Waals surface area contributed by atoms with Gasteiger partial charge in [-0.05, 0) is 25.1 Å². The zero-order chi connectivity index (χ0) is 13.1. The van der Waals surface area contributed by atoms with E-state index in [1.54, 1.807) is 17.4 Å². The average molecular weight is 264 g/mol. The van der Waals surface area contributed by atoms with Crippen molar-refractivity contribution in [3.63, 3.8) is 0 Å². The van der Waals surface area contributed by atoms with Gasteiger partial charge in [-0.2, -0.15) is 0 Å². The molecular weight excluding hydrogens is 252 g/mol. The lowest BCUT2D eigenvalue weighted by atomic mass is 10.2. The predicted octanol–water partition coefficient (Wildman–Crippen LogP) is 2.41. The second-order valence-electron chi connectivity index (χ2n) is 3.86. The lowest BCUT2D eigenvalue weighted by Crippen LogP contribution is -2.12. The largest absolute Gasteiger partial charge is 0.481 e. The fourth-order valence-electron chi connectivity index (χ4n) is 1.56. The zero-order valence-electron chi connectivity index (χ0n) is 9.77. The van der Waals surface area contributed by atoms with Gasteiger partial charge in [0.1, 0.15) is 0 Å². The summed E-state index contributed by atoms with van der Waals surface area (Å²) in [7, 11) is 0. The number of nitrogens with one attached hydrogen (secondary N) is 1. The Morgan fingerprint density at radius 2 is 2.17 bits per heavy atom. The number of fused-ring (bicyclic) bond motifs is 1. The number of amides is 1. The molecule has 0 unspecified atom stereocenters. The second kappa shape index (κ2) is 5.14. The van der Waals surface area contributed by atoms with Crippen LogP contribution < -0.4 is 5.32 Å². The maximum Gasteiger partial charge on any atom is 0.303 e. The minimum Gasteiger partial charge on any atom is -0.481 e. The Labute approximate surface area is 107 Å². The number of carboxylic acids is 1. The highest BCUT2D eigenvalue weighted by atomic mass is 32.1. The number of carbonyl (C=O) groups is 2. The first-order valence-corrected chi connectivity index (χ1v) is 6.25. The van der Waals surface area contributed by atoms with Gasteiger partial charge in [0.25, 0.3) is 0 Å². The minimum atomic E-state index is -0.973. The molecule has 0 aliphatic rings. The van der Waals surface area contributed by atoms with Crippen molar-refractivity contribution in [1.29, 1.82) is 0 Å². The zero-order valence-corrected chi connectivity index (χ0v) is 10.6. The van der Waals surface area contributed by atoms with E-state index in [-0.39, 0.29) is 18.7 Å². The Kier molecular flexibility index (Phi) is 3.57. The van der Waals surface area contributed by atoms with Crippen LogP contribution >= 0.6 is 11.3 Å². The van der Waals surface area contributed by atoms with Crippen LogP contribution in [-0.4, -0.2) is 22.0 Å². The SMILES string of the molecule is Cc1nc2ccc(NC(=O)CCC(=O)O)cc2s1. The average Bonchev–Trinajstić information content (AvgIpc) is 2.66. The molecule has 0 saturated heterocycles. The molecule has 6 heteroatoms. The normalized spacial score (nSPS) is 10.5. The lowest BCUT2D eigenvalue weighted by Gasteiger charge is -2.03. The summed E-state index contributed by atoms with van der Waals surface area (Å²) < 4.78 is 1.00. The highest BCUT2D eigenvalue weighted by Crippen LogP contribution is 2.24. The number of hydrogen-bond acceptors (Lipinski definition) is 4. The van der Waals surface area contributed by atoms with Crippen molar-refractivity contribution >= 4 is 39.1 Å². The number of carbonyl (C=O) groups excluding carboxylic acids is 1. The van der Waals surface area contributed by atoms with Crippen LogP contribution in [0.1, 0.15) is 17.8 Å². The van der Waals surface area contributed by atoms with Gasteiger partial charge in [0.05, 0.1) is 21.6 Å². The molecule has 0 fully saturated rings. The number of aryl methyl sites for hydroxylation is 1. The Balaban J connectivity index is 2.07. The van der Waals surface area contributed by atoms with Crippen molar-refractivity contribution in [2.75, 3.05) is 5.32 Å².